The summed E-state index contributed by atoms with van der Waals surface area (Å²) in [6, 6.07) is 87.1. The van der Waals surface area contributed by atoms with Gasteiger partial charge in [-0.3, -0.25) is 0 Å². The summed E-state index contributed by atoms with van der Waals surface area (Å²) in [4.78, 5) is 0. The molecule has 0 radical (unpaired) electrons. The van der Waals surface area contributed by atoms with Crippen LogP contribution in [0.5, 0.6) is 0 Å². The molecule has 0 aromatic heterocycles. The van der Waals surface area contributed by atoms with Gasteiger partial charge in [0, 0.05) is 14.5 Å². The van der Waals surface area contributed by atoms with Crippen LogP contribution in [0.3, 0.4) is 0 Å². The lowest BCUT2D eigenvalue weighted by Crippen LogP contribution is -2.74. The van der Waals surface area contributed by atoms with E-state index in [0.29, 0.717) is 0 Å². The molecule has 0 fully saturated rings. The van der Waals surface area contributed by atoms with Gasteiger partial charge in [0.2, 0.25) is 0 Å². The molecule has 0 N–H and O–H groups in total. The van der Waals surface area contributed by atoms with Crippen molar-refractivity contribution in [2.45, 2.75) is 158 Å². The first-order valence-corrected chi connectivity index (χ1v) is 38.8. The minimum atomic E-state index is -1.22. The smallest absolute Gasteiger partial charge is 0.108 e. The van der Waals surface area contributed by atoms with E-state index in [1.54, 1.807) is 49.3 Å². The van der Waals surface area contributed by atoms with Crippen molar-refractivity contribution >= 4 is 70.5 Å². The van der Waals surface area contributed by atoms with Crippen LogP contribution in [0.4, 0.5) is 0 Å². The van der Waals surface area contributed by atoms with Gasteiger partial charge in [-0.05, 0) is 51.4 Å². The molecule has 0 aliphatic rings. The molecule has 0 nitrogen and oxygen atoms in total. The molecule has 0 saturated carbocycles. The van der Waals surface area contributed by atoms with Gasteiger partial charge in [-0.15, -0.1) is 0 Å². The molecule has 4 heteroatoms. The van der Waals surface area contributed by atoms with Crippen LogP contribution >= 0.6 is 14.5 Å². The van der Waals surface area contributed by atoms with Crippen molar-refractivity contribution in [1.29, 1.82) is 0 Å². The monoisotopic (exact) mass is 1160 g/mol. The van der Waals surface area contributed by atoms with Crippen molar-refractivity contribution in [1.82, 2.24) is 0 Å². The van der Waals surface area contributed by atoms with E-state index in [1.165, 1.54) is 146 Å². The highest BCUT2D eigenvalue weighted by molar-refractivity contribution is 7.76. The third kappa shape index (κ3) is 20.4. The van der Waals surface area contributed by atoms with E-state index < -0.39 is 26.8 Å². The summed E-state index contributed by atoms with van der Waals surface area (Å²) < 4.78 is 0. The quantitative estimate of drug-likeness (QED) is 0.0291. The first-order valence-electron chi connectivity index (χ1n) is 33.8. The van der Waals surface area contributed by atoms with Crippen LogP contribution in [-0.2, 0) is 0 Å². The van der Waals surface area contributed by atoms with E-state index >= 15 is 0 Å². The number of rotatable bonds is 32. The van der Waals surface area contributed by atoms with Gasteiger partial charge >= 0.3 is 0 Å². The summed E-state index contributed by atoms with van der Waals surface area (Å²) in [5, 5.41) is 0. The van der Waals surface area contributed by atoms with Gasteiger partial charge in [-0.1, -0.05) is 349 Å². The molecule has 8 aromatic carbocycles. The number of hydrogen-bond donors (Lipinski definition) is 0. The Morgan fingerprint density at radius 3 is 0.381 bits per heavy atom. The summed E-state index contributed by atoms with van der Waals surface area (Å²) in [7, 11) is -1.12. The zero-order valence-electron chi connectivity index (χ0n) is 54.1. The first kappa shape index (κ1) is 69.5. The average Bonchev–Trinajstić information content (AvgIpc) is 3.54. The van der Waals surface area contributed by atoms with Gasteiger partial charge in [0.1, 0.15) is 12.3 Å². The zero-order valence-corrected chi connectivity index (χ0v) is 55.9. The maximum absolute atomic E-state index is 2.36. The number of unbranched alkanes of at least 4 members (excludes halogenated alkanes) is 8. The highest BCUT2D eigenvalue weighted by atomic mass is 31.2. The van der Waals surface area contributed by atoms with Crippen LogP contribution < -0.4 is 43.7 Å². The maximum atomic E-state index is 2.36. The molecule has 448 valence electrons. The van der Waals surface area contributed by atoms with E-state index in [2.05, 4.69) is 298 Å². The minimum Gasteiger partial charge on any atom is -0.195 e. The normalized spacial score (nSPS) is 11.5. The fraction of sp³-hybridized carbons (Fsp3) is 0.400. The standard InChI is InChI=1S/2C24H20B.2C16H36P/c2*1-5-13-21(14-6-1)25(22-15-7-2-8-16-22,23-17-9-3-10-18-23)24-19-11-4-12-20-24;2*1-5-9-13-17(14-10-6-2,15-11-7-3)16-12-8-4/h2*1-20H;2*5-16H2,1-4H3/q2*-1;2*+1. The molecule has 8 rings (SSSR count). The predicted molar refractivity (Wildman–Crippen MR) is 392 cm³/mol. The van der Waals surface area contributed by atoms with E-state index in [-0.39, 0.29) is 0 Å². The minimum absolute atomic E-state index is 0.562. The summed E-state index contributed by atoms with van der Waals surface area (Å²) in [6.45, 7) is 18.8. The third-order valence-electron chi connectivity index (χ3n) is 18.3. The molecule has 0 saturated heterocycles. The van der Waals surface area contributed by atoms with Gasteiger partial charge in [0.05, 0.1) is 49.3 Å². The lowest BCUT2D eigenvalue weighted by Gasteiger charge is -2.44. The van der Waals surface area contributed by atoms with Gasteiger partial charge < -0.3 is 0 Å². The molecule has 0 spiro atoms. The van der Waals surface area contributed by atoms with Crippen LogP contribution in [0.15, 0.2) is 243 Å². The van der Waals surface area contributed by atoms with Crippen LogP contribution in [0.1, 0.15) is 158 Å². The predicted octanol–water partition coefficient (Wildman–Crippen LogP) is 18.5. The van der Waals surface area contributed by atoms with E-state index in [1.807, 2.05) is 0 Å². The molecule has 0 unspecified atom stereocenters. The summed E-state index contributed by atoms with van der Waals surface area (Å²) in [5.41, 5.74) is 10.7. The largest absolute Gasteiger partial charge is 0.195 e. The number of benzene rings is 8. The molecule has 0 aliphatic carbocycles. The SMILES string of the molecule is CCCC[P+](CCCC)(CCCC)CCCC.CCCC[P+](CCCC)(CCCC)CCCC.c1ccc([B-](c2ccccc2)(c2ccccc2)c2ccccc2)cc1.c1ccc([B-](c2ccccc2)(c2ccccc2)c2ccccc2)cc1. The van der Waals surface area contributed by atoms with E-state index in [0.717, 1.165) is 0 Å². The Labute approximate surface area is 517 Å². The molecule has 84 heavy (non-hydrogen) atoms. The molecular weight excluding hydrogens is 1040 g/mol. The van der Waals surface area contributed by atoms with Gasteiger partial charge in [0.25, 0.3) is 0 Å². The summed E-state index contributed by atoms with van der Waals surface area (Å²) >= 11 is 0. The van der Waals surface area contributed by atoms with Crippen LogP contribution in [-0.4, -0.2) is 61.6 Å². The Bertz CT molecular complexity index is 2210. The second-order valence-corrected chi connectivity index (χ2v) is 33.3. The average molecular weight is 1160 g/mol. The Morgan fingerprint density at radius 1 is 0.179 bits per heavy atom. The van der Waals surface area contributed by atoms with Crippen molar-refractivity contribution in [2.24, 2.45) is 0 Å². The maximum Gasteiger partial charge on any atom is 0.108 e. The van der Waals surface area contributed by atoms with Crippen LogP contribution in [0.2, 0.25) is 0 Å². The molecule has 0 aliphatic heterocycles. The molecule has 0 bridgehead atoms. The summed E-state index contributed by atoms with van der Waals surface area (Å²) in [5.74, 6) is 0. The van der Waals surface area contributed by atoms with Crippen molar-refractivity contribution < 1.29 is 0 Å². The van der Waals surface area contributed by atoms with Gasteiger partial charge in [-0.25, -0.2) is 0 Å². The Balaban J connectivity index is 0.000000209. The zero-order chi connectivity index (χ0) is 59.9. The van der Waals surface area contributed by atoms with Crippen LogP contribution in [0.25, 0.3) is 0 Å². The van der Waals surface area contributed by atoms with Crippen molar-refractivity contribution in [3.63, 3.8) is 0 Å². The number of hydrogen-bond acceptors (Lipinski definition) is 0. The van der Waals surface area contributed by atoms with Gasteiger partial charge in [0.15, 0.2) is 0 Å². The topological polar surface area (TPSA) is 0 Å². The first-order chi connectivity index (χ1) is 41.3. The lowest BCUT2D eigenvalue weighted by atomic mass is 9.13. The Hall–Kier alpha value is -5.25. The van der Waals surface area contributed by atoms with Crippen molar-refractivity contribution in [3.8, 4) is 0 Å². The Morgan fingerprint density at radius 2 is 0.286 bits per heavy atom. The molecule has 0 amide bonds. The summed E-state index contributed by atoms with van der Waals surface area (Å²) in [6.07, 6.45) is 33.5. The second-order valence-electron chi connectivity index (χ2n) is 24.3. The fourth-order valence-corrected chi connectivity index (χ4v) is 24.1. The highest BCUT2D eigenvalue weighted by Gasteiger charge is 2.36. The van der Waals surface area contributed by atoms with Crippen LogP contribution in [0, 0.1) is 0 Å². The van der Waals surface area contributed by atoms with Gasteiger partial charge in [-0.2, -0.15) is 43.7 Å². The van der Waals surface area contributed by atoms with Crippen molar-refractivity contribution in [3.05, 3.63) is 243 Å². The van der Waals surface area contributed by atoms with E-state index in [4.69, 9.17) is 0 Å². The molecule has 8 aromatic rings. The Kier molecular flexibility index (Phi) is 33.3. The molecule has 0 atom stereocenters. The van der Waals surface area contributed by atoms with E-state index in [9.17, 15) is 0 Å². The fourth-order valence-electron chi connectivity index (χ4n) is 13.5. The third-order valence-corrected chi connectivity index (χ3v) is 28.4. The van der Waals surface area contributed by atoms with Crippen molar-refractivity contribution in [2.75, 3.05) is 49.3 Å². The lowest BCUT2D eigenvalue weighted by molar-refractivity contribution is 0.814. The molecule has 0 heterocycles. The highest BCUT2D eigenvalue weighted by Crippen LogP contribution is 2.62. The second kappa shape index (κ2) is 40.2. The molecular formula is C80H112B2P2.